The van der Waals surface area contributed by atoms with Gasteiger partial charge >= 0.3 is 0 Å². The molecule has 0 aliphatic carbocycles. The maximum Gasteiger partial charge on any atom is 0.127 e. The molecule has 1 atom stereocenters. The number of thioether (sulfide) groups is 1. The molecule has 0 aliphatic heterocycles. The number of benzene rings is 2. The van der Waals surface area contributed by atoms with Gasteiger partial charge in [-0.3, -0.25) is 0 Å². The normalized spacial score (nSPS) is 12.3. The van der Waals surface area contributed by atoms with E-state index < -0.39 is 0 Å². The minimum absolute atomic E-state index is 0.176. The lowest BCUT2D eigenvalue weighted by atomic mass is 10.1. The summed E-state index contributed by atoms with van der Waals surface area (Å²) in [5.74, 6) is 0.632. The second-order valence-corrected chi connectivity index (χ2v) is 6.01. The summed E-state index contributed by atoms with van der Waals surface area (Å²) < 4.78 is 13.8. The predicted molar refractivity (Wildman–Crippen MR) is 85.1 cm³/mol. The number of rotatable bonds is 6. The van der Waals surface area contributed by atoms with E-state index in [1.165, 1.54) is 11.0 Å². The van der Waals surface area contributed by atoms with Crippen LogP contribution in [-0.4, -0.2) is 18.8 Å². The second-order valence-electron chi connectivity index (χ2n) is 4.51. The summed E-state index contributed by atoms with van der Waals surface area (Å²) >= 11 is 7.83. The van der Waals surface area contributed by atoms with Crippen LogP contribution in [-0.2, 0) is 6.42 Å². The predicted octanol–water partition coefficient (Wildman–Crippen LogP) is 4.40. The van der Waals surface area contributed by atoms with Gasteiger partial charge < -0.3 is 5.32 Å². The molecular formula is C16H17ClFNS. The molecule has 0 radical (unpaired) electrons. The topological polar surface area (TPSA) is 12.0 Å². The molecule has 0 fully saturated rings. The molecule has 1 nitrogen and oxygen atoms in total. The third-order valence-electron chi connectivity index (χ3n) is 3.11. The Balaban J connectivity index is 1.99. The standard InChI is InChI=1S/C16H17ClFNS/c1-19-12(11-20-13-6-3-2-4-7-13)10-14-15(17)8-5-9-16(14)18/h2-9,12,19H,10-11H2,1H3. The zero-order valence-electron chi connectivity index (χ0n) is 11.3. The van der Waals surface area contributed by atoms with Crippen molar-refractivity contribution in [2.24, 2.45) is 0 Å². The third-order valence-corrected chi connectivity index (χ3v) is 4.64. The highest BCUT2D eigenvalue weighted by Crippen LogP contribution is 2.23. The van der Waals surface area contributed by atoms with Crippen LogP contribution in [0.25, 0.3) is 0 Å². The highest BCUT2D eigenvalue weighted by atomic mass is 35.5. The van der Waals surface area contributed by atoms with Crippen molar-refractivity contribution in [2.75, 3.05) is 12.8 Å². The monoisotopic (exact) mass is 309 g/mol. The number of likely N-dealkylation sites (N-methyl/N-ethyl adjacent to an activating group) is 1. The van der Waals surface area contributed by atoms with Crippen molar-refractivity contribution in [3.8, 4) is 0 Å². The first-order valence-corrected chi connectivity index (χ1v) is 7.85. The fraction of sp³-hybridized carbons (Fsp3) is 0.250. The first kappa shape index (κ1) is 15.4. The molecule has 0 heterocycles. The Hall–Kier alpha value is -1.03. The second kappa shape index (κ2) is 7.67. The molecule has 2 aromatic rings. The summed E-state index contributed by atoms with van der Waals surface area (Å²) in [4.78, 5) is 1.22. The van der Waals surface area contributed by atoms with Gasteiger partial charge in [-0.25, -0.2) is 4.39 Å². The first-order valence-electron chi connectivity index (χ1n) is 6.48. The van der Waals surface area contributed by atoms with Crippen molar-refractivity contribution in [3.05, 3.63) is 64.9 Å². The molecule has 0 aliphatic rings. The zero-order valence-corrected chi connectivity index (χ0v) is 12.8. The van der Waals surface area contributed by atoms with Gasteiger partial charge in [0.25, 0.3) is 0 Å². The summed E-state index contributed by atoms with van der Waals surface area (Å²) in [7, 11) is 1.89. The average Bonchev–Trinajstić information content (AvgIpc) is 2.47. The number of nitrogens with one attached hydrogen (secondary N) is 1. The van der Waals surface area contributed by atoms with Gasteiger partial charge in [0.2, 0.25) is 0 Å². The minimum atomic E-state index is -0.234. The van der Waals surface area contributed by atoms with E-state index in [2.05, 4.69) is 17.4 Å². The van der Waals surface area contributed by atoms with E-state index >= 15 is 0 Å². The fourth-order valence-corrected chi connectivity index (χ4v) is 3.20. The van der Waals surface area contributed by atoms with Crippen molar-refractivity contribution in [1.29, 1.82) is 0 Å². The lowest BCUT2D eigenvalue weighted by Gasteiger charge is -2.17. The Labute approximate surface area is 128 Å². The zero-order chi connectivity index (χ0) is 14.4. The summed E-state index contributed by atoms with van der Waals surface area (Å²) in [6.45, 7) is 0. The van der Waals surface area contributed by atoms with Crippen LogP contribution in [0.1, 0.15) is 5.56 Å². The van der Waals surface area contributed by atoms with Crippen LogP contribution >= 0.6 is 23.4 Å². The van der Waals surface area contributed by atoms with Crippen molar-refractivity contribution < 1.29 is 4.39 Å². The average molecular weight is 310 g/mol. The maximum absolute atomic E-state index is 13.8. The van der Waals surface area contributed by atoms with Gasteiger partial charge in [-0.05, 0) is 37.7 Å². The van der Waals surface area contributed by atoms with Crippen LogP contribution in [0.3, 0.4) is 0 Å². The quantitative estimate of drug-likeness (QED) is 0.794. The van der Waals surface area contributed by atoms with Gasteiger partial charge in [-0.1, -0.05) is 35.9 Å². The molecule has 1 unspecified atom stereocenters. The molecule has 4 heteroatoms. The van der Waals surface area contributed by atoms with Gasteiger partial charge in [0, 0.05) is 27.3 Å². The summed E-state index contributed by atoms with van der Waals surface area (Å²) in [5, 5.41) is 3.72. The molecule has 0 spiro atoms. The first-order chi connectivity index (χ1) is 9.70. The highest BCUT2D eigenvalue weighted by molar-refractivity contribution is 7.99. The van der Waals surface area contributed by atoms with Crippen LogP contribution in [0.15, 0.2) is 53.4 Å². The van der Waals surface area contributed by atoms with Gasteiger partial charge in [-0.15, -0.1) is 11.8 Å². The van der Waals surface area contributed by atoms with Crippen LogP contribution < -0.4 is 5.32 Å². The van der Waals surface area contributed by atoms with Gasteiger partial charge in [-0.2, -0.15) is 0 Å². The Morgan fingerprint density at radius 1 is 1.15 bits per heavy atom. The van der Waals surface area contributed by atoms with E-state index in [0.717, 1.165) is 5.75 Å². The van der Waals surface area contributed by atoms with Crippen LogP contribution in [0, 0.1) is 5.82 Å². The SMILES string of the molecule is CNC(CSc1ccccc1)Cc1c(F)cccc1Cl. The molecule has 2 aromatic carbocycles. The number of halogens is 2. The third kappa shape index (κ3) is 4.23. The maximum atomic E-state index is 13.8. The van der Waals surface area contributed by atoms with E-state index in [0.29, 0.717) is 17.0 Å². The van der Waals surface area contributed by atoms with Gasteiger partial charge in [0.15, 0.2) is 0 Å². The Morgan fingerprint density at radius 3 is 2.55 bits per heavy atom. The molecule has 0 aromatic heterocycles. The molecule has 106 valence electrons. The van der Waals surface area contributed by atoms with Crippen LogP contribution in [0.4, 0.5) is 4.39 Å². The van der Waals surface area contributed by atoms with E-state index in [9.17, 15) is 4.39 Å². The Kier molecular flexibility index (Phi) is 5.89. The molecule has 2 rings (SSSR count). The largest absolute Gasteiger partial charge is 0.316 e. The summed E-state index contributed by atoms with van der Waals surface area (Å²) in [6, 6.07) is 15.2. The molecule has 20 heavy (non-hydrogen) atoms. The molecule has 0 amide bonds. The van der Waals surface area contributed by atoms with E-state index in [-0.39, 0.29) is 11.9 Å². The van der Waals surface area contributed by atoms with Gasteiger partial charge in [0.1, 0.15) is 5.82 Å². The number of hydrogen-bond donors (Lipinski definition) is 1. The van der Waals surface area contributed by atoms with Crippen molar-refractivity contribution in [1.82, 2.24) is 5.32 Å². The smallest absolute Gasteiger partial charge is 0.127 e. The van der Waals surface area contributed by atoms with Crippen LogP contribution in [0.5, 0.6) is 0 Å². The van der Waals surface area contributed by atoms with Crippen LogP contribution in [0.2, 0.25) is 5.02 Å². The fourth-order valence-electron chi connectivity index (χ4n) is 1.93. The van der Waals surface area contributed by atoms with Crippen molar-refractivity contribution in [3.63, 3.8) is 0 Å². The lowest BCUT2D eigenvalue weighted by molar-refractivity contribution is 0.568. The van der Waals surface area contributed by atoms with E-state index in [1.807, 2.05) is 25.2 Å². The molecule has 0 bridgehead atoms. The molecule has 0 saturated heterocycles. The van der Waals surface area contributed by atoms with Crippen molar-refractivity contribution >= 4 is 23.4 Å². The lowest BCUT2D eigenvalue weighted by Crippen LogP contribution is -2.30. The van der Waals surface area contributed by atoms with Crippen molar-refractivity contribution in [2.45, 2.75) is 17.4 Å². The highest BCUT2D eigenvalue weighted by Gasteiger charge is 2.13. The Morgan fingerprint density at radius 2 is 1.90 bits per heavy atom. The van der Waals surface area contributed by atoms with Gasteiger partial charge in [0.05, 0.1) is 0 Å². The molecule has 0 saturated carbocycles. The molecular weight excluding hydrogens is 293 g/mol. The Bertz CT molecular complexity index is 527. The van der Waals surface area contributed by atoms with E-state index in [1.54, 1.807) is 23.9 Å². The number of hydrogen-bond acceptors (Lipinski definition) is 2. The van der Waals surface area contributed by atoms with E-state index in [4.69, 9.17) is 11.6 Å². The summed E-state index contributed by atoms with van der Waals surface area (Å²) in [6.07, 6.45) is 0.585. The molecule has 1 N–H and O–H groups in total. The minimum Gasteiger partial charge on any atom is -0.316 e. The summed E-state index contributed by atoms with van der Waals surface area (Å²) in [5.41, 5.74) is 0.585.